The molecule has 90 valence electrons. The van der Waals surface area contributed by atoms with Crippen molar-refractivity contribution in [2.24, 2.45) is 0 Å². The number of sulfonamides is 1. The molecule has 3 N–H and O–H groups in total. The normalized spacial score (nSPS) is 11.4. The summed E-state index contributed by atoms with van der Waals surface area (Å²) in [6.45, 7) is 1.77. The zero-order chi connectivity index (χ0) is 12.3. The van der Waals surface area contributed by atoms with Gasteiger partial charge in [0.2, 0.25) is 10.0 Å². The monoisotopic (exact) mass is 282 g/mol. The maximum Gasteiger partial charge on any atom is 0.232 e. The van der Waals surface area contributed by atoms with Gasteiger partial charge in [-0.2, -0.15) is 0 Å². The molecule has 1 rings (SSSR count). The first-order valence-corrected chi connectivity index (χ1v) is 7.01. The van der Waals surface area contributed by atoms with E-state index in [1.807, 2.05) is 0 Å². The number of halogens is 2. The van der Waals surface area contributed by atoms with Gasteiger partial charge in [0, 0.05) is 0 Å². The second-order valence-corrected chi connectivity index (χ2v) is 5.93. The summed E-state index contributed by atoms with van der Waals surface area (Å²) in [4.78, 5) is 0. The minimum Gasteiger partial charge on any atom is -0.397 e. The van der Waals surface area contributed by atoms with Gasteiger partial charge in [-0.15, -0.1) is 0 Å². The molecule has 0 saturated carbocycles. The fraction of sp³-hybridized carbons (Fsp3) is 0.333. The molecule has 4 nitrogen and oxygen atoms in total. The third-order valence-corrected chi connectivity index (χ3v) is 3.94. The Morgan fingerprint density at radius 3 is 2.50 bits per heavy atom. The Balaban J connectivity index is 3.03. The molecular formula is C9H12Cl2N2O2S. The number of nitrogen functional groups attached to an aromatic ring is 1. The van der Waals surface area contributed by atoms with Gasteiger partial charge in [0.05, 0.1) is 27.2 Å². The lowest BCUT2D eigenvalue weighted by Crippen LogP contribution is -2.16. The molecule has 0 atom stereocenters. The molecule has 0 radical (unpaired) electrons. The Labute approximate surface area is 105 Å². The number of anilines is 2. The lowest BCUT2D eigenvalue weighted by molar-refractivity contribution is 0.600. The van der Waals surface area contributed by atoms with Crippen molar-refractivity contribution in [3.8, 4) is 0 Å². The second kappa shape index (κ2) is 5.12. The van der Waals surface area contributed by atoms with Gasteiger partial charge in [-0.1, -0.05) is 30.1 Å². The molecule has 0 bridgehead atoms. The van der Waals surface area contributed by atoms with E-state index >= 15 is 0 Å². The highest BCUT2D eigenvalue weighted by Crippen LogP contribution is 2.31. The van der Waals surface area contributed by atoms with Crippen molar-refractivity contribution < 1.29 is 8.42 Å². The van der Waals surface area contributed by atoms with Crippen molar-refractivity contribution in [3.63, 3.8) is 0 Å². The van der Waals surface area contributed by atoms with Crippen LogP contribution in [0.5, 0.6) is 0 Å². The Hall–Kier alpha value is -0.650. The van der Waals surface area contributed by atoms with Crippen LogP contribution >= 0.6 is 23.2 Å². The number of hydrogen-bond acceptors (Lipinski definition) is 3. The van der Waals surface area contributed by atoms with Gasteiger partial charge in [0.25, 0.3) is 0 Å². The van der Waals surface area contributed by atoms with Crippen LogP contribution in [0, 0.1) is 0 Å². The molecule has 0 aliphatic carbocycles. The van der Waals surface area contributed by atoms with E-state index in [9.17, 15) is 8.42 Å². The Bertz CT molecular complexity index is 489. The lowest BCUT2D eigenvalue weighted by Gasteiger charge is -2.10. The van der Waals surface area contributed by atoms with Crippen molar-refractivity contribution in [3.05, 3.63) is 22.2 Å². The summed E-state index contributed by atoms with van der Waals surface area (Å²) in [7, 11) is -3.37. The minimum absolute atomic E-state index is 0.0331. The minimum atomic E-state index is -3.37. The highest BCUT2D eigenvalue weighted by Gasteiger charge is 2.12. The van der Waals surface area contributed by atoms with Gasteiger partial charge < -0.3 is 5.73 Å². The van der Waals surface area contributed by atoms with Crippen LogP contribution in [-0.2, 0) is 10.0 Å². The van der Waals surface area contributed by atoms with Crippen molar-refractivity contribution in [2.45, 2.75) is 13.3 Å². The van der Waals surface area contributed by atoms with Crippen LogP contribution in [0.25, 0.3) is 0 Å². The fourth-order valence-corrected chi connectivity index (χ4v) is 2.71. The predicted molar refractivity (Wildman–Crippen MR) is 68.6 cm³/mol. The molecule has 7 heteroatoms. The molecule has 1 aromatic carbocycles. The van der Waals surface area contributed by atoms with E-state index in [1.54, 1.807) is 6.92 Å². The number of nitrogens with two attached hydrogens (primary N) is 1. The topological polar surface area (TPSA) is 72.2 Å². The van der Waals surface area contributed by atoms with Gasteiger partial charge in [0.15, 0.2) is 0 Å². The predicted octanol–water partition coefficient (Wildman–Crippen LogP) is 2.73. The first kappa shape index (κ1) is 13.4. The molecule has 0 aromatic heterocycles. The van der Waals surface area contributed by atoms with Crippen molar-refractivity contribution in [2.75, 3.05) is 16.2 Å². The molecular weight excluding hydrogens is 271 g/mol. The van der Waals surface area contributed by atoms with E-state index in [0.29, 0.717) is 12.1 Å². The summed E-state index contributed by atoms with van der Waals surface area (Å²) in [5, 5.41) is 0.486. The lowest BCUT2D eigenvalue weighted by atomic mass is 10.3. The quantitative estimate of drug-likeness (QED) is 0.834. The summed E-state index contributed by atoms with van der Waals surface area (Å²) in [6.07, 6.45) is 0.523. The molecule has 16 heavy (non-hydrogen) atoms. The van der Waals surface area contributed by atoms with E-state index in [1.165, 1.54) is 12.1 Å². The van der Waals surface area contributed by atoms with Gasteiger partial charge in [-0.05, 0) is 18.6 Å². The van der Waals surface area contributed by atoms with Crippen molar-refractivity contribution in [1.29, 1.82) is 0 Å². The molecule has 0 unspecified atom stereocenters. The number of rotatable bonds is 4. The van der Waals surface area contributed by atoms with Gasteiger partial charge in [0.1, 0.15) is 0 Å². The first-order chi connectivity index (χ1) is 7.35. The molecule has 0 fully saturated rings. The standard InChI is InChI=1S/C9H12Cl2N2O2S/c1-2-3-16(14,15)13-9-5-6(10)8(12)4-7(9)11/h4-5,13H,2-3,12H2,1H3. The zero-order valence-electron chi connectivity index (χ0n) is 8.63. The third kappa shape index (κ3) is 3.43. The fourth-order valence-electron chi connectivity index (χ4n) is 1.13. The molecule has 0 aliphatic rings. The smallest absolute Gasteiger partial charge is 0.232 e. The highest BCUT2D eigenvalue weighted by molar-refractivity contribution is 7.92. The third-order valence-electron chi connectivity index (χ3n) is 1.82. The van der Waals surface area contributed by atoms with Gasteiger partial charge in [-0.3, -0.25) is 4.72 Å². The number of benzene rings is 1. The van der Waals surface area contributed by atoms with E-state index in [4.69, 9.17) is 28.9 Å². The van der Waals surface area contributed by atoms with Crippen LogP contribution in [0.15, 0.2) is 12.1 Å². The summed E-state index contributed by atoms with van der Waals surface area (Å²) in [5.41, 5.74) is 6.07. The molecule has 0 spiro atoms. The molecule has 0 aliphatic heterocycles. The van der Waals surface area contributed by atoms with Crippen LogP contribution in [-0.4, -0.2) is 14.2 Å². The van der Waals surface area contributed by atoms with Gasteiger partial charge in [-0.25, -0.2) is 8.42 Å². The van der Waals surface area contributed by atoms with E-state index in [0.717, 1.165) is 0 Å². The molecule has 0 amide bonds. The van der Waals surface area contributed by atoms with Crippen LogP contribution in [0.3, 0.4) is 0 Å². The SMILES string of the molecule is CCCS(=O)(=O)Nc1cc(Cl)c(N)cc1Cl. The number of nitrogens with one attached hydrogen (secondary N) is 1. The van der Waals surface area contributed by atoms with E-state index in [2.05, 4.69) is 4.72 Å². The Kier molecular flexibility index (Phi) is 4.29. The first-order valence-electron chi connectivity index (χ1n) is 4.60. The molecule has 0 heterocycles. The Morgan fingerprint density at radius 1 is 1.31 bits per heavy atom. The van der Waals surface area contributed by atoms with Crippen molar-refractivity contribution in [1.82, 2.24) is 0 Å². The number of hydrogen-bond donors (Lipinski definition) is 2. The maximum absolute atomic E-state index is 11.5. The summed E-state index contributed by atoms with van der Waals surface area (Å²) < 4.78 is 25.4. The van der Waals surface area contributed by atoms with Crippen molar-refractivity contribution >= 4 is 44.6 Å². The summed E-state index contributed by atoms with van der Waals surface area (Å²) >= 11 is 11.6. The second-order valence-electron chi connectivity index (χ2n) is 3.27. The summed E-state index contributed by atoms with van der Waals surface area (Å²) in [6, 6.07) is 2.81. The van der Waals surface area contributed by atoms with Crippen LogP contribution in [0.4, 0.5) is 11.4 Å². The van der Waals surface area contributed by atoms with E-state index in [-0.39, 0.29) is 21.5 Å². The van der Waals surface area contributed by atoms with Crippen LogP contribution in [0.1, 0.15) is 13.3 Å². The average Bonchev–Trinajstić information content (AvgIpc) is 2.13. The van der Waals surface area contributed by atoms with Gasteiger partial charge >= 0.3 is 0 Å². The largest absolute Gasteiger partial charge is 0.397 e. The van der Waals surface area contributed by atoms with Crippen LogP contribution < -0.4 is 10.5 Å². The summed E-state index contributed by atoms with van der Waals surface area (Å²) in [5.74, 6) is 0.0331. The average molecular weight is 283 g/mol. The molecule has 1 aromatic rings. The Morgan fingerprint density at radius 2 is 1.94 bits per heavy atom. The van der Waals surface area contributed by atoms with Crippen LogP contribution in [0.2, 0.25) is 10.0 Å². The maximum atomic E-state index is 11.5. The molecule has 0 saturated heterocycles. The van der Waals surface area contributed by atoms with E-state index < -0.39 is 10.0 Å². The highest BCUT2D eigenvalue weighted by atomic mass is 35.5. The zero-order valence-corrected chi connectivity index (χ0v) is 11.0.